The van der Waals surface area contributed by atoms with Crippen molar-refractivity contribution in [3.05, 3.63) is 59.9 Å². The second-order valence-electron chi connectivity index (χ2n) is 6.24. The van der Waals surface area contributed by atoms with Gasteiger partial charge in [-0.25, -0.2) is 8.42 Å². The van der Waals surface area contributed by atoms with Gasteiger partial charge in [0.15, 0.2) is 9.84 Å². The van der Waals surface area contributed by atoms with Crippen molar-refractivity contribution >= 4 is 15.7 Å². The van der Waals surface area contributed by atoms with E-state index in [1.807, 2.05) is 12.1 Å². The molecule has 1 aromatic carbocycles. The number of carbonyl (C=O) groups is 1. The molecule has 1 N–H and O–H groups in total. The van der Waals surface area contributed by atoms with Crippen molar-refractivity contribution in [2.24, 2.45) is 5.92 Å². The van der Waals surface area contributed by atoms with E-state index in [1.54, 1.807) is 24.5 Å². The number of nitrogens with one attached hydrogen (secondary N) is 1. The summed E-state index contributed by atoms with van der Waals surface area (Å²) in [6.45, 7) is 1.03. The Morgan fingerprint density at radius 3 is 2.72 bits per heavy atom. The van der Waals surface area contributed by atoms with E-state index in [-0.39, 0.29) is 22.8 Å². The monoisotopic (exact) mass is 360 g/mol. The summed E-state index contributed by atoms with van der Waals surface area (Å²) < 4.78 is 28.8. The summed E-state index contributed by atoms with van der Waals surface area (Å²) in [5.41, 5.74) is 1.47. The number of ether oxygens (including phenoxy) is 1. The molecule has 2 aromatic rings. The minimum atomic E-state index is -3.35. The molecule has 132 valence electrons. The molecule has 2 atom stereocenters. The lowest BCUT2D eigenvalue weighted by Crippen LogP contribution is -2.40. The minimum absolute atomic E-state index is 0.109. The largest absolute Gasteiger partial charge is 0.379 e. The van der Waals surface area contributed by atoms with Crippen LogP contribution in [0.25, 0.3) is 0 Å². The predicted octanol–water partition coefficient (Wildman–Crippen LogP) is 1.47. The number of aromatic nitrogens is 1. The van der Waals surface area contributed by atoms with Crippen molar-refractivity contribution in [3.8, 4) is 0 Å². The number of benzene rings is 1. The average molecular weight is 360 g/mol. The first-order valence-electron chi connectivity index (χ1n) is 8.01. The highest BCUT2D eigenvalue weighted by Crippen LogP contribution is 2.20. The Labute approximate surface area is 147 Å². The van der Waals surface area contributed by atoms with Crippen molar-refractivity contribution in [2.45, 2.75) is 17.4 Å². The van der Waals surface area contributed by atoms with Crippen LogP contribution in [0.2, 0.25) is 0 Å². The molecule has 1 aromatic heterocycles. The SMILES string of the molecule is CS(=O)(=O)c1cccc(C(=O)N[C@@H]2COC[C@H]2Cc2ccncc2)c1. The minimum Gasteiger partial charge on any atom is -0.379 e. The molecular weight excluding hydrogens is 340 g/mol. The van der Waals surface area contributed by atoms with E-state index >= 15 is 0 Å². The van der Waals surface area contributed by atoms with Crippen LogP contribution in [0.1, 0.15) is 15.9 Å². The molecule has 2 heterocycles. The first-order valence-corrected chi connectivity index (χ1v) is 9.90. The molecule has 0 unspecified atom stereocenters. The molecule has 1 amide bonds. The number of carbonyl (C=O) groups excluding carboxylic acids is 1. The number of hydrogen-bond donors (Lipinski definition) is 1. The second-order valence-corrected chi connectivity index (χ2v) is 8.25. The predicted molar refractivity (Wildman–Crippen MR) is 93.1 cm³/mol. The van der Waals surface area contributed by atoms with Gasteiger partial charge in [0.05, 0.1) is 24.2 Å². The molecule has 1 saturated heterocycles. The summed E-state index contributed by atoms with van der Waals surface area (Å²) in [5, 5.41) is 2.97. The smallest absolute Gasteiger partial charge is 0.251 e. The Morgan fingerprint density at radius 1 is 1.24 bits per heavy atom. The van der Waals surface area contributed by atoms with Gasteiger partial charge in [-0.1, -0.05) is 6.07 Å². The van der Waals surface area contributed by atoms with Gasteiger partial charge in [0.25, 0.3) is 5.91 Å². The van der Waals surface area contributed by atoms with Gasteiger partial charge in [-0.3, -0.25) is 9.78 Å². The van der Waals surface area contributed by atoms with Crippen LogP contribution < -0.4 is 5.32 Å². The summed E-state index contributed by atoms with van der Waals surface area (Å²) in [6, 6.07) is 9.86. The molecule has 0 aliphatic carbocycles. The van der Waals surface area contributed by atoms with Gasteiger partial charge < -0.3 is 10.1 Å². The fourth-order valence-electron chi connectivity index (χ4n) is 2.90. The third-order valence-corrected chi connectivity index (χ3v) is 5.40. The molecule has 0 spiro atoms. The molecule has 1 aliphatic rings. The second kappa shape index (κ2) is 7.33. The lowest BCUT2D eigenvalue weighted by atomic mass is 9.95. The maximum absolute atomic E-state index is 12.5. The number of sulfone groups is 1. The van der Waals surface area contributed by atoms with Crippen LogP contribution in [0.4, 0.5) is 0 Å². The van der Waals surface area contributed by atoms with Crippen molar-refractivity contribution in [2.75, 3.05) is 19.5 Å². The Balaban J connectivity index is 1.70. The van der Waals surface area contributed by atoms with Crippen molar-refractivity contribution in [3.63, 3.8) is 0 Å². The van der Waals surface area contributed by atoms with Crippen LogP contribution in [-0.2, 0) is 21.0 Å². The molecule has 1 fully saturated rings. The highest BCUT2D eigenvalue weighted by molar-refractivity contribution is 7.90. The number of amides is 1. The van der Waals surface area contributed by atoms with Crippen LogP contribution in [0.3, 0.4) is 0 Å². The third kappa shape index (κ3) is 4.43. The highest BCUT2D eigenvalue weighted by Gasteiger charge is 2.30. The molecule has 25 heavy (non-hydrogen) atoms. The zero-order valence-corrected chi connectivity index (χ0v) is 14.7. The Bertz CT molecular complexity index is 852. The average Bonchev–Trinajstić information content (AvgIpc) is 3.02. The van der Waals surface area contributed by atoms with Gasteiger partial charge in [-0.05, 0) is 42.3 Å². The summed E-state index contributed by atoms with van der Waals surface area (Å²) in [6.07, 6.45) is 5.40. The van der Waals surface area contributed by atoms with E-state index in [1.165, 1.54) is 12.1 Å². The van der Waals surface area contributed by atoms with Crippen LogP contribution in [0.5, 0.6) is 0 Å². The third-order valence-electron chi connectivity index (χ3n) is 4.29. The molecule has 0 saturated carbocycles. The topological polar surface area (TPSA) is 85.4 Å². The molecule has 7 heteroatoms. The number of pyridine rings is 1. The normalized spacial score (nSPS) is 20.4. The fraction of sp³-hybridized carbons (Fsp3) is 0.333. The van der Waals surface area contributed by atoms with Crippen LogP contribution >= 0.6 is 0 Å². The van der Waals surface area contributed by atoms with Gasteiger partial charge in [0.1, 0.15) is 0 Å². The van der Waals surface area contributed by atoms with E-state index in [0.29, 0.717) is 18.8 Å². The maximum atomic E-state index is 12.5. The first-order chi connectivity index (χ1) is 11.9. The fourth-order valence-corrected chi connectivity index (χ4v) is 3.57. The summed E-state index contributed by atoms with van der Waals surface area (Å²) in [4.78, 5) is 16.6. The van der Waals surface area contributed by atoms with Gasteiger partial charge >= 0.3 is 0 Å². The van der Waals surface area contributed by atoms with Crippen LogP contribution in [0.15, 0.2) is 53.7 Å². The quantitative estimate of drug-likeness (QED) is 0.873. The molecular formula is C18H20N2O4S. The van der Waals surface area contributed by atoms with Crippen molar-refractivity contribution < 1.29 is 17.9 Å². The van der Waals surface area contributed by atoms with E-state index in [2.05, 4.69) is 10.3 Å². The van der Waals surface area contributed by atoms with Crippen LogP contribution in [0, 0.1) is 5.92 Å². The Morgan fingerprint density at radius 2 is 2.00 bits per heavy atom. The first kappa shape index (κ1) is 17.6. The highest BCUT2D eigenvalue weighted by atomic mass is 32.2. The number of nitrogens with zero attached hydrogens (tertiary/aromatic N) is 1. The van der Waals surface area contributed by atoms with Crippen molar-refractivity contribution in [1.82, 2.24) is 10.3 Å². The molecule has 1 aliphatic heterocycles. The molecule has 0 radical (unpaired) electrons. The van der Waals surface area contributed by atoms with E-state index in [0.717, 1.165) is 18.2 Å². The Hall–Kier alpha value is -2.25. The van der Waals surface area contributed by atoms with E-state index in [4.69, 9.17) is 4.74 Å². The molecule has 3 rings (SSSR count). The molecule has 0 bridgehead atoms. The maximum Gasteiger partial charge on any atom is 0.251 e. The standard InChI is InChI=1S/C18H20N2O4S/c1-25(22,23)16-4-2-3-14(10-16)18(21)20-17-12-24-11-15(17)9-13-5-7-19-8-6-13/h2-8,10,15,17H,9,11-12H2,1H3,(H,20,21)/t15-,17-/m1/s1. The summed E-state index contributed by atoms with van der Waals surface area (Å²) in [5.74, 6) is -0.120. The lowest BCUT2D eigenvalue weighted by Gasteiger charge is -2.19. The van der Waals surface area contributed by atoms with Crippen molar-refractivity contribution in [1.29, 1.82) is 0 Å². The number of hydrogen-bond acceptors (Lipinski definition) is 5. The van der Waals surface area contributed by atoms with Gasteiger partial charge in [-0.2, -0.15) is 0 Å². The van der Waals surface area contributed by atoms with Gasteiger partial charge in [0, 0.05) is 30.1 Å². The zero-order valence-electron chi connectivity index (χ0n) is 13.9. The zero-order chi connectivity index (χ0) is 17.9. The van der Waals surface area contributed by atoms with Gasteiger partial charge in [0.2, 0.25) is 0 Å². The van der Waals surface area contributed by atoms with Gasteiger partial charge in [-0.15, -0.1) is 0 Å². The molecule has 6 nitrogen and oxygen atoms in total. The number of rotatable bonds is 5. The summed E-state index contributed by atoms with van der Waals surface area (Å²) in [7, 11) is -3.35. The van der Waals surface area contributed by atoms with E-state index in [9.17, 15) is 13.2 Å². The Kier molecular flexibility index (Phi) is 5.15. The van der Waals surface area contributed by atoms with Crippen LogP contribution in [-0.4, -0.2) is 44.8 Å². The summed E-state index contributed by atoms with van der Waals surface area (Å²) >= 11 is 0. The van der Waals surface area contributed by atoms with E-state index < -0.39 is 9.84 Å². The lowest BCUT2D eigenvalue weighted by molar-refractivity contribution is 0.0925.